The summed E-state index contributed by atoms with van der Waals surface area (Å²) in [4.78, 5) is 22.1. The van der Waals surface area contributed by atoms with E-state index in [9.17, 15) is 9.59 Å². The SMILES string of the molecule is COC(=O)C(CSCC(C)N)NC(C)=O. The molecule has 0 aliphatic carbocycles. The van der Waals surface area contributed by atoms with Crippen LogP contribution in [0.3, 0.4) is 0 Å². The van der Waals surface area contributed by atoms with Crippen molar-refractivity contribution >= 4 is 23.6 Å². The predicted octanol–water partition coefficient (Wildman–Crippen LogP) is -0.255. The summed E-state index contributed by atoms with van der Waals surface area (Å²) < 4.78 is 4.57. The summed E-state index contributed by atoms with van der Waals surface area (Å²) in [5.74, 6) is 0.551. The highest BCUT2D eigenvalue weighted by atomic mass is 32.2. The van der Waals surface area contributed by atoms with E-state index in [0.29, 0.717) is 5.75 Å². The number of ether oxygens (including phenoxy) is 1. The zero-order valence-electron chi connectivity index (χ0n) is 9.28. The van der Waals surface area contributed by atoms with Crippen LogP contribution in [0.15, 0.2) is 0 Å². The molecule has 0 heterocycles. The van der Waals surface area contributed by atoms with Crippen molar-refractivity contribution in [2.24, 2.45) is 5.73 Å². The summed E-state index contributed by atoms with van der Waals surface area (Å²) in [6.45, 7) is 3.25. The summed E-state index contributed by atoms with van der Waals surface area (Å²) in [6.07, 6.45) is 0. The van der Waals surface area contributed by atoms with Crippen molar-refractivity contribution in [2.75, 3.05) is 18.6 Å². The smallest absolute Gasteiger partial charge is 0.329 e. The highest BCUT2D eigenvalue weighted by molar-refractivity contribution is 7.99. The van der Waals surface area contributed by atoms with E-state index in [1.807, 2.05) is 6.92 Å². The first kappa shape index (κ1) is 14.2. The Labute approximate surface area is 94.1 Å². The Morgan fingerprint density at radius 2 is 2.07 bits per heavy atom. The molecule has 1 amide bonds. The fraction of sp³-hybridized carbons (Fsp3) is 0.778. The fourth-order valence-corrected chi connectivity index (χ4v) is 1.89. The molecular formula is C9H18N2O3S. The molecule has 0 aromatic heterocycles. The van der Waals surface area contributed by atoms with Crippen molar-refractivity contribution in [1.29, 1.82) is 0 Å². The highest BCUT2D eigenvalue weighted by Gasteiger charge is 2.19. The number of hydrogen-bond acceptors (Lipinski definition) is 5. The van der Waals surface area contributed by atoms with Gasteiger partial charge in [-0.15, -0.1) is 0 Å². The van der Waals surface area contributed by atoms with Crippen molar-refractivity contribution in [3.8, 4) is 0 Å². The predicted molar refractivity (Wildman–Crippen MR) is 60.6 cm³/mol. The van der Waals surface area contributed by atoms with Gasteiger partial charge in [0.25, 0.3) is 0 Å². The number of thioether (sulfide) groups is 1. The Kier molecular flexibility index (Phi) is 7.15. The molecule has 0 saturated carbocycles. The average molecular weight is 234 g/mol. The zero-order chi connectivity index (χ0) is 11.8. The Morgan fingerprint density at radius 1 is 1.47 bits per heavy atom. The number of nitrogens with one attached hydrogen (secondary N) is 1. The number of carbonyl (C=O) groups is 2. The van der Waals surface area contributed by atoms with Gasteiger partial charge in [0, 0.05) is 24.5 Å². The summed E-state index contributed by atoms with van der Waals surface area (Å²) in [5, 5.41) is 2.53. The monoisotopic (exact) mass is 234 g/mol. The molecule has 6 heteroatoms. The van der Waals surface area contributed by atoms with Crippen molar-refractivity contribution in [1.82, 2.24) is 5.32 Å². The molecular weight excluding hydrogens is 216 g/mol. The lowest BCUT2D eigenvalue weighted by atomic mass is 10.3. The molecule has 0 saturated heterocycles. The second-order valence-corrected chi connectivity index (χ2v) is 4.37. The van der Waals surface area contributed by atoms with Gasteiger partial charge >= 0.3 is 5.97 Å². The minimum atomic E-state index is -0.587. The van der Waals surface area contributed by atoms with Crippen LogP contribution in [-0.2, 0) is 14.3 Å². The van der Waals surface area contributed by atoms with E-state index >= 15 is 0 Å². The molecule has 0 aromatic carbocycles. The zero-order valence-corrected chi connectivity index (χ0v) is 10.1. The van der Waals surface area contributed by atoms with E-state index in [-0.39, 0.29) is 11.9 Å². The van der Waals surface area contributed by atoms with Gasteiger partial charge < -0.3 is 15.8 Å². The number of amides is 1. The third kappa shape index (κ3) is 7.21. The van der Waals surface area contributed by atoms with Crippen molar-refractivity contribution in [3.63, 3.8) is 0 Å². The molecule has 2 atom stereocenters. The number of esters is 1. The average Bonchev–Trinajstić information content (AvgIpc) is 2.14. The summed E-state index contributed by atoms with van der Waals surface area (Å²) in [5.41, 5.74) is 5.56. The van der Waals surface area contributed by atoms with Gasteiger partial charge in [-0.05, 0) is 6.92 Å². The maximum atomic E-state index is 11.2. The fourth-order valence-electron chi connectivity index (χ4n) is 0.928. The summed E-state index contributed by atoms with van der Waals surface area (Å²) in [6, 6.07) is -0.512. The molecule has 2 unspecified atom stereocenters. The Morgan fingerprint density at radius 3 is 2.47 bits per heavy atom. The minimum absolute atomic E-state index is 0.0747. The number of nitrogens with two attached hydrogens (primary N) is 1. The van der Waals surface area contributed by atoms with Gasteiger partial charge in [0.2, 0.25) is 5.91 Å². The minimum Gasteiger partial charge on any atom is -0.467 e. The Balaban J connectivity index is 4.01. The molecule has 0 fully saturated rings. The maximum Gasteiger partial charge on any atom is 0.329 e. The van der Waals surface area contributed by atoms with Crippen LogP contribution in [0.4, 0.5) is 0 Å². The lowest BCUT2D eigenvalue weighted by Crippen LogP contribution is -2.42. The molecule has 0 aromatic rings. The lowest BCUT2D eigenvalue weighted by molar-refractivity contribution is -0.144. The van der Waals surface area contributed by atoms with Crippen molar-refractivity contribution in [3.05, 3.63) is 0 Å². The Hall–Kier alpha value is -0.750. The summed E-state index contributed by atoms with van der Waals surface area (Å²) in [7, 11) is 1.30. The van der Waals surface area contributed by atoms with Crippen LogP contribution in [-0.4, -0.2) is 42.6 Å². The molecule has 5 nitrogen and oxygen atoms in total. The van der Waals surface area contributed by atoms with Crippen LogP contribution in [0.1, 0.15) is 13.8 Å². The molecule has 88 valence electrons. The van der Waals surface area contributed by atoms with Crippen LogP contribution >= 0.6 is 11.8 Å². The number of methoxy groups -OCH3 is 1. The van der Waals surface area contributed by atoms with Crippen LogP contribution in [0.25, 0.3) is 0 Å². The van der Waals surface area contributed by atoms with Gasteiger partial charge in [0.1, 0.15) is 6.04 Å². The Bertz CT molecular complexity index is 221. The van der Waals surface area contributed by atoms with Crippen LogP contribution in [0.2, 0.25) is 0 Å². The van der Waals surface area contributed by atoms with E-state index in [2.05, 4.69) is 10.1 Å². The first-order valence-corrected chi connectivity index (χ1v) is 5.81. The lowest BCUT2D eigenvalue weighted by Gasteiger charge is -2.15. The quantitative estimate of drug-likeness (QED) is 0.619. The van der Waals surface area contributed by atoms with E-state index in [4.69, 9.17) is 5.73 Å². The van der Waals surface area contributed by atoms with Gasteiger partial charge in [0.05, 0.1) is 7.11 Å². The molecule has 0 bridgehead atoms. The molecule has 3 N–H and O–H groups in total. The van der Waals surface area contributed by atoms with Crippen molar-refractivity contribution in [2.45, 2.75) is 25.9 Å². The van der Waals surface area contributed by atoms with E-state index in [0.717, 1.165) is 5.75 Å². The standard InChI is InChI=1S/C9H18N2O3S/c1-6(10)4-15-5-8(9(13)14-3)11-7(2)12/h6,8H,4-5,10H2,1-3H3,(H,11,12). The third-order valence-electron chi connectivity index (χ3n) is 1.53. The van der Waals surface area contributed by atoms with Gasteiger partial charge in [-0.3, -0.25) is 4.79 Å². The highest BCUT2D eigenvalue weighted by Crippen LogP contribution is 2.05. The van der Waals surface area contributed by atoms with Crippen LogP contribution in [0.5, 0.6) is 0 Å². The number of rotatable bonds is 6. The molecule has 0 radical (unpaired) electrons. The number of carbonyl (C=O) groups excluding carboxylic acids is 2. The van der Waals surface area contributed by atoms with E-state index < -0.39 is 12.0 Å². The normalized spacial score (nSPS) is 14.1. The maximum absolute atomic E-state index is 11.2. The van der Waals surface area contributed by atoms with E-state index in [1.54, 1.807) is 0 Å². The van der Waals surface area contributed by atoms with Crippen LogP contribution < -0.4 is 11.1 Å². The molecule has 0 rings (SSSR count). The second-order valence-electron chi connectivity index (χ2n) is 3.29. The number of hydrogen-bond donors (Lipinski definition) is 2. The largest absolute Gasteiger partial charge is 0.467 e. The van der Waals surface area contributed by atoms with Crippen LogP contribution in [0, 0.1) is 0 Å². The topological polar surface area (TPSA) is 81.4 Å². The molecule has 0 spiro atoms. The van der Waals surface area contributed by atoms with Gasteiger partial charge in [0.15, 0.2) is 0 Å². The second kappa shape index (κ2) is 7.53. The third-order valence-corrected chi connectivity index (χ3v) is 2.86. The van der Waals surface area contributed by atoms with Crippen molar-refractivity contribution < 1.29 is 14.3 Å². The van der Waals surface area contributed by atoms with Gasteiger partial charge in [-0.2, -0.15) is 11.8 Å². The first-order valence-electron chi connectivity index (χ1n) is 4.65. The summed E-state index contributed by atoms with van der Waals surface area (Å²) >= 11 is 1.51. The molecule has 15 heavy (non-hydrogen) atoms. The van der Waals surface area contributed by atoms with Gasteiger partial charge in [-0.25, -0.2) is 4.79 Å². The molecule has 0 aliphatic heterocycles. The molecule has 0 aliphatic rings. The van der Waals surface area contributed by atoms with Gasteiger partial charge in [-0.1, -0.05) is 0 Å². The van der Waals surface area contributed by atoms with E-state index in [1.165, 1.54) is 25.8 Å². The first-order chi connectivity index (χ1) is 6.97.